The lowest BCUT2D eigenvalue weighted by Crippen LogP contribution is -2.12. The fourth-order valence-electron chi connectivity index (χ4n) is 1.38. The van der Waals surface area contributed by atoms with E-state index in [1.165, 1.54) is 12.1 Å². The van der Waals surface area contributed by atoms with Gasteiger partial charge in [0.1, 0.15) is 5.82 Å². The Bertz CT molecular complexity index is 383. The SMILES string of the molecule is CN(C)c1cc(F)ccc1CCN=[N+]=[N-]. The van der Waals surface area contributed by atoms with Crippen molar-refractivity contribution in [3.8, 4) is 0 Å². The average molecular weight is 208 g/mol. The summed E-state index contributed by atoms with van der Waals surface area (Å²) in [6.45, 7) is 0.392. The summed E-state index contributed by atoms with van der Waals surface area (Å²) >= 11 is 0. The van der Waals surface area contributed by atoms with Gasteiger partial charge < -0.3 is 4.90 Å². The number of hydrogen-bond acceptors (Lipinski definition) is 2. The largest absolute Gasteiger partial charge is 0.377 e. The molecule has 5 heteroatoms. The molecule has 0 saturated carbocycles. The van der Waals surface area contributed by atoms with Crippen LogP contribution in [0.3, 0.4) is 0 Å². The van der Waals surface area contributed by atoms with Crippen molar-refractivity contribution in [2.45, 2.75) is 6.42 Å². The van der Waals surface area contributed by atoms with Crippen LogP contribution in [0.4, 0.5) is 10.1 Å². The second kappa shape index (κ2) is 5.22. The van der Waals surface area contributed by atoms with Crippen LogP contribution in [-0.2, 0) is 6.42 Å². The van der Waals surface area contributed by atoms with E-state index >= 15 is 0 Å². The van der Waals surface area contributed by atoms with Gasteiger partial charge in [-0.3, -0.25) is 0 Å². The van der Waals surface area contributed by atoms with Crippen LogP contribution < -0.4 is 4.90 Å². The van der Waals surface area contributed by atoms with Crippen molar-refractivity contribution in [1.29, 1.82) is 0 Å². The Morgan fingerprint density at radius 2 is 2.20 bits per heavy atom. The number of rotatable bonds is 4. The Morgan fingerprint density at radius 3 is 2.80 bits per heavy atom. The smallest absolute Gasteiger partial charge is 0.125 e. The molecule has 1 aromatic carbocycles. The van der Waals surface area contributed by atoms with Crippen molar-refractivity contribution >= 4 is 5.69 Å². The van der Waals surface area contributed by atoms with Crippen LogP contribution in [0, 0.1) is 5.82 Å². The lowest BCUT2D eigenvalue weighted by atomic mass is 10.1. The second-order valence-electron chi connectivity index (χ2n) is 3.37. The number of hydrogen-bond donors (Lipinski definition) is 0. The van der Waals surface area contributed by atoms with Crippen molar-refractivity contribution < 1.29 is 4.39 Å². The van der Waals surface area contributed by atoms with Gasteiger partial charge in [0.15, 0.2) is 0 Å². The minimum absolute atomic E-state index is 0.258. The van der Waals surface area contributed by atoms with Crippen LogP contribution >= 0.6 is 0 Å². The molecular formula is C10H13FN4. The van der Waals surface area contributed by atoms with Gasteiger partial charge in [-0.25, -0.2) is 4.39 Å². The molecule has 0 aliphatic carbocycles. The topological polar surface area (TPSA) is 52.0 Å². The molecule has 0 aliphatic rings. The van der Waals surface area contributed by atoms with E-state index in [0.29, 0.717) is 13.0 Å². The molecular weight excluding hydrogens is 195 g/mol. The van der Waals surface area contributed by atoms with Gasteiger partial charge in [0.05, 0.1) is 0 Å². The molecule has 0 saturated heterocycles. The first-order valence-corrected chi connectivity index (χ1v) is 4.61. The first-order valence-electron chi connectivity index (χ1n) is 4.61. The standard InChI is InChI=1S/C10H13FN4/c1-15(2)10-7-9(11)4-3-8(10)5-6-13-14-12/h3-4,7H,5-6H2,1-2H3. The number of halogens is 1. The molecule has 0 N–H and O–H groups in total. The van der Waals surface area contributed by atoms with Gasteiger partial charge in [-0.2, -0.15) is 0 Å². The summed E-state index contributed by atoms with van der Waals surface area (Å²) < 4.78 is 13.0. The van der Waals surface area contributed by atoms with Gasteiger partial charge in [0.2, 0.25) is 0 Å². The summed E-state index contributed by atoms with van der Waals surface area (Å²) in [6.07, 6.45) is 0.623. The van der Waals surface area contributed by atoms with Gasteiger partial charge in [0.25, 0.3) is 0 Å². The summed E-state index contributed by atoms with van der Waals surface area (Å²) in [5.41, 5.74) is 9.96. The van der Waals surface area contributed by atoms with Crippen LogP contribution in [0.2, 0.25) is 0 Å². The van der Waals surface area contributed by atoms with E-state index < -0.39 is 0 Å². The number of anilines is 1. The molecule has 0 bridgehead atoms. The van der Waals surface area contributed by atoms with Crippen molar-refractivity contribution in [2.24, 2.45) is 5.11 Å². The molecule has 0 atom stereocenters. The molecule has 0 aliphatic heterocycles. The van der Waals surface area contributed by atoms with E-state index in [1.54, 1.807) is 6.07 Å². The van der Waals surface area contributed by atoms with Gasteiger partial charge in [-0.15, -0.1) is 0 Å². The quantitative estimate of drug-likeness (QED) is 0.426. The molecule has 80 valence electrons. The van der Waals surface area contributed by atoms with Crippen LogP contribution in [0.1, 0.15) is 5.56 Å². The summed E-state index contributed by atoms with van der Waals surface area (Å²) in [5, 5.41) is 3.46. The molecule has 0 spiro atoms. The molecule has 4 nitrogen and oxygen atoms in total. The van der Waals surface area contributed by atoms with E-state index in [2.05, 4.69) is 10.0 Å². The highest BCUT2D eigenvalue weighted by atomic mass is 19.1. The third-order valence-corrected chi connectivity index (χ3v) is 2.07. The van der Waals surface area contributed by atoms with Crippen LogP contribution in [0.5, 0.6) is 0 Å². The predicted molar refractivity (Wildman–Crippen MR) is 58.4 cm³/mol. The number of benzene rings is 1. The van der Waals surface area contributed by atoms with Crippen LogP contribution in [0.25, 0.3) is 10.4 Å². The summed E-state index contributed by atoms with van der Waals surface area (Å²) in [6, 6.07) is 4.61. The van der Waals surface area contributed by atoms with Crippen molar-refractivity contribution in [3.05, 3.63) is 40.0 Å². The van der Waals surface area contributed by atoms with Crippen LogP contribution in [-0.4, -0.2) is 20.6 Å². The molecule has 0 amide bonds. The Labute approximate surface area is 88.0 Å². The summed E-state index contributed by atoms with van der Waals surface area (Å²) in [7, 11) is 3.71. The third-order valence-electron chi connectivity index (χ3n) is 2.07. The van der Waals surface area contributed by atoms with E-state index in [9.17, 15) is 4.39 Å². The van der Waals surface area contributed by atoms with E-state index in [-0.39, 0.29) is 5.82 Å². The highest BCUT2D eigenvalue weighted by Crippen LogP contribution is 2.20. The van der Waals surface area contributed by atoms with E-state index in [4.69, 9.17) is 5.53 Å². The average Bonchev–Trinajstić information content (AvgIpc) is 2.20. The predicted octanol–water partition coefficient (Wildman–Crippen LogP) is 2.74. The molecule has 15 heavy (non-hydrogen) atoms. The lowest BCUT2D eigenvalue weighted by Gasteiger charge is -2.17. The second-order valence-corrected chi connectivity index (χ2v) is 3.37. The highest BCUT2D eigenvalue weighted by Gasteiger charge is 2.05. The minimum atomic E-state index is -0.258. The minimum Gasteiger partial charge on any atom is -0.377 e. The molecule has 0 heterocycles. The maximum Gasteiger partial charge on any atom is 0.125 e. The zero-order chi connectivity index (χ0) is 11.3. The van der Waals surface area contributed by atoms with E-state index in [0.717, 1.165) is 11.3 Å². The first-order chi connectivity index (χ1) is 7.15. The fourth-order valence-corrected chi connectivity index (χ4v) is 1.38. The third kappa shape index (κ3) is 3.14. The number of azide groups is 1. The zero-order valence-corrected chi connectivity index (χ0v) is 8.81. The van der Waals surface area contributed by atoms with Crippen molar-refractivity contribution in [1.82, 2.24) is 0 Å². The monoisotopic (exact) mass is 208 g/mol. The maximum atomic E-state index is 13.0. The number of nitrogens with zero attached hydrogens (tertiary/aromatic N) is 4. The van der Waals surface area contributed by atoms with Gasteiger partial charge >= 0.3 is 0 Å². The Hall–Kier alpha value is -1.74. The van der Waals surface area contributed by atoms with E-state index in [1.807, 2.05) is 19.0 Å². The lowest BCUT2D eigenvalue weighted by molar-refractivity contribution is 0.626. The Morgan fingerprint density at radius 1 is 1.47 bits per heavy atom. The highest BCUT2D eigenvalue weighted by molar-refractivity contribution is 5.52. The van der Waals surface area contributed by atoms with Crippen molar-refractivity contribution in [2.75, 3.05) is 25.5 Å². The normalized spacial score (nSPS) is 9.53. The molecule has 0 aromatic heterocycles. The van der Waals surface area contributed by atoms with Gasteiger partial charge in [-0.1, -0.05) is 11.2 Å². The van der Waals surface area contributed by atoms with Gasteiger partial charge in [-0.05, 0) is 29.6 Å². The summed E-state index contributed by atoms with van der Waals surface area (Å²) in [5.74, 6) is -0.258. The molecule has 1 rings (SSSR count). The van der Waals surface area contributed by atoms with Gasteiger partial charge in [0, 0.05) is 31.2 Å². The molecule has 0 unspecified atom stereocenters. The Kier molecular flexibility index (Phi) is 3.94. The summed E-state index contributed by atoms with van der Waals surface area (Å²) in [4.78, 5) is 4.52. The fraction of sp³-hybridized carbons (Fsp3) is 0.400. The molecule has 0 radical (unpaired) electrons. The Balaban J connectivity index is 2.90. The first kappa shape index (κ1) is 11.3. The maximum absolute atomic E-state index is 13.0. The molecule has 1 aromatic rings. The zero-order valence-electron chi connectivity index (χ0n) is 8.81. The van der Waals surface area contributed by atoms with Crippen molar-refractivity contribution in [3.63, 3.8) is 0 Å². The van der Waals surface area contributed by atoms with Crippen LogP contribution in [0.15, 0.2) is 23.3 Å². The molecule has 0 fully saturated rings.